The van der Waals surface area contributed by atoms with Crippen LogP contribution < -0.4 is 16.4 Å². The zero-order valence-corrected chi connectivity index (χ0v) is 15.1. The maximum Gasteiger partial charge on any atom is 0.290 e. The van der Waals surface area contributed by atoms with Crippen molar-refractivity contribution in [1.29, 1.82) is 0 Å². The van der Waals surface area contributed by atoms with E-state index in [1.54, 1.807) is 36.4 Å². The van der Waals surface area contributed by atoms with Gasteiger partial charge in [0.15, 0.2) is 10.4 Å². The summed E-state index contributed by atoms with van der Waals surface area (Å²) in [5.41, 5.74) is 4.24. The first kappa shape index (κ1) is 17.6. The fourth-order valence-corrected chi connectivity index (χ4v) is 2.58. The van der Waals surface area contributed by atoms with Crippen molar-refractivity contribution in [2.75, 3.05) is 0 Å². The standard InChI is InChI=1S/C17H13BrN4O4/c1-22-17(25)12-5-3-2-4-11(12)15(21-22)16(24)20-19-14(23)9-7-10-6-8-13(18)26-10/h2-9H,1H3,(H,19,23)(H,20,24)/b9-7+. The number of carbonyl (C=O) groups is 2. The first-order valence-corrected chi connectivity index (χ1v) is 8.25. The highest BCUT2D eigenvalue weighted by molar-refractivity contribution is 9.10. The number of hydrogen-bond donors (Lipinski definition) is 2. The summed E-state index contributed by atoms with van der Waals surface area (Å²) >= 11 is 3.16. The third-order valence-electron chi connectivity index (χ3n) is 3.46. The summed E-state index contributed by atoms with van der Waals surface area (Å²) < 4.78 is 6.84. The number of carbonyl (C=O) groups excluding carboxylic acids is 2. The van der Waals surface area contributed by atoms with Crippen LogP contribution in [0.15, 0.2) is 56.4 Å². The van der Waals surface area contributed by atoms with Gasteiger partial charge in [-0.3, -0.25) is 25.2 Å². The molecule has 0 bridgehead atoms. The van der Waals surface area contributed by atoms with Crippen LogP contribution in [0.25, 0.3) is 16.8 Å². The van der Waals surface area contributed by atoms with E-state index < -0.39 is 11.8 Å². The molecule has 0 radical (unpaired) electrons. The number of nitrogens with one attached hydrogen (secondary N) is 2. The molecule has 3 aromatic rings. The van der Waals surface area contributed by atoms with Crippen LogP contribution in [0.5, 0.6) is 0 Å². The Hall–Kier alpha value is -3.20. The molecule has 2 N–H and O–H groups in total. The third kappa shape index (κ3) is 3.72. The summed E-state index contributed by atoms with van der Waals surface area (Å²) in [6.45, 7) is 0. The molecule has 0 aliphatic carbocycles. The maximum absolute atomic E-state index is 12.4. The van der Waals surface area contributed by atoms with E-state index in [4.69, 9.17) is 4.42 Å². The number of hydrogen-bond acceptors (Lipinski definition) is 5. The van der Waals surface area contributed by atoms with Gasteiger partial charge in [-0.25, -0.2) is 4.68 Å². The lowest BCUT2D eigenvalue weighted by Crippen LogP contribution is -2.42. The molecule has 2 heterocycles. The van der Waals surface area contributed by atoms with Crippen molar-refractivity contribution >= 4 is 44.6 Å². The molecule has 0 aliphatic rings. The quantitative estimate of drug-likeness (QED) is 0.499. The number of rotatable bonds is 3. The van der Waals surface area contributed by atoms with Gasteiger partial charge >= 0.3 is 0 Å². The summed E-state index contributed by atoms with van der Waals surface area (Å²) in [5, 5.41) is 4.74. The van der Waals surface area contributed by atoms with Crippen LogP contribution in [0.2, 0.25) is 0 Å². The van der Waals surface area contributed by atoms with Crippen LogP contribution >= 0.6 is 15.9 Å². The highest BCUT2D eigenvalue weighted by Crippen LogP contribution is 2.15. The number of furan rings is 1. The summed E-state index contributed by atoms with van der Waals surface area (Å²) in [7, 11) is 1.45. The SMILES string of the molecule is Cn1nc(C(=O)NNC(=O)/C=C/c2ccc(Br)o2)c2ccccc2c1=O. The van der Waals surface area contributed by atoms with E-state index in [1.165, 1.54) is 19.2 Å². The largest absolute Gasteiger partial charge is 0.450 e. The van der Waals surface area contributed by atoms with Crippen molar-refractivity contribution in [1.82, 2.24) is 20.6 Å². The Balaban J connectivity index is 1.73. The second-order valence-electron chi connectivity index (χ2n) is 5.24. The van der Waals surface area contributed by atoms with E-state index in [-0.39, 0.29) is 11.3 Å². The number of benzene rings is 1. The molecule has 2 aromatic heterocycles. The summed E-state index contributed by atoms with van der Waals surface area (Å²) in [5.74, 6) is -0.719. The van der Waals surface area contributed by atoms with Crippen LogP contribution in [0, 0.1) is 0 Å². The Morgan fingerprint density at radius 3 is 2.58 bits per heavy atom. The lowest BCUT2D eigenvalue weighted by atomic mass is 10.1. The first-order chi connectivity index (χ1) is 12.5. The smallest absolute Gasteiger partial charge is 0.290 e. The molecule has 9 heteroatoms. The molecule has 0 atom stereocenters. The van der Waals surface area contributed by atoms with Gasteiger partial charge in [-0.1, -0.05) is 18.2 Å². The number of hydrazine groups is 1. The minimum atomic E-state index is -0.640. The van der Waals surface area contributed by atoms with Crippen molar-refractivity contribution in [2.24, 2.45) is 7.05 Å². The summed E-state index contributed by atoms with van der Waals surface area (Å²) in [4.78, 5) is 36.2. The highest BCUT2D eigenvalue weighted by atomic mass is 79.9. The molecule has 3 rings (SSSR count). The molecule has 0 unspecified atom stereocenters. The van der Waals surface area contributed by atoms with E-state index in [9.17, 15) is 14.4 Å². The molecular weight excluding hydrogens is 404 g/mol. The minimum absolute atomic E-state index is 0.0296. The Morgan fingerprint density at radius 2 is 1.88 bits per heavy atom. The van der Waals surface area contributed by atoms with Gasteiger partial charge in [-0.05, 0) is 40.2 Å². The minimum Gasteiger partial charge on any atom is -0.450 e. The molecule has 8 nitrogen and oxygen atoms in total. The van der Waals surface area contributed by atoms with Crippen molar-refractivity contribution in [2.45, 2.75) is 0 Å². The third-order valence-corrected chi connectivity index (χ3v) is 3.89. The second kappa shape index (κ2) is 7.36. The number of aryl methyl sites for hydroxylation is 1. The number of amides is 2. The zero-order chi connectivity index (χ0) is 18.7. The van der Waals surface area contributed by atoms with Gasteiger partial charge in [0.2, 0.25) is 0 Å². The van der Waals surface area contributed by atoms with Crippen molar-refractivity contribution in [3.8, 4) is 0 Å². The fourth-order valence-electron chi connectivity index (χ4n) is 2.26. The highest BCUT2D eigenvalue weighted by Gasteiger charge is 2.15. The van der Waals surface area contributed by atoms with E-state index in [0.717, 1.165) is 4.68 Å². The molecule has 0 saturated carbocycles. The predicted octanol–water partition coefficient (Wildman–Crippen LogP) is 1.76. The lowest BCUT2D eigenvalue weighted by molar-refractivity contribution is -0.117. The van der Waals surface area contributed by atoms with Gasteiger partial charge in [0.05, 0.1) is 5.39 Å². The molecular formula is C17H13BrN4O4. The average molecular weight is 417 g/mol. The fraction of sp³-hybridized carbons (Fsp3) is 0.0588. The zero-order valence-electron chi connectivity index (χ0n) is 13.5. The molecule has 0 spiro atoms. The Bertz CT molecular complexity index is 1080. The Morgan fingerprint density at radius 1 is 1.15 bits per heavy atom. The van der Waals surface area contributed by atoms with Gasteiger partial charge in [0.25, 0.3) is 17.4 Å². The number of halogens is 1. The van der Waals surface area contributed by atoms with Crippen molar-refractivity contribution in [3.63, 3.8) is 0 Å². The van der Waals surface area contributed by atoms with Gasteiger partial charge in [-0.15, -0.1) is 0 Å². The van der Waals surface area contributed by atoms with Crippen molar-refractivity contribution in [3.05, 3.63) is 69.0 Å². The topological polar surface area (TPSA) is 106 Å². The van der Waals surface area contributed by atoms with E-state index in [2.05, 4.69) is 31.9 Å². The second-order valence-corrected chi connectivity index (χ2v) is 6.02. The van der Waals surface area contributed by atoms with Gasteiger partial charge in [0.1, 0.15) is 5.76 Å². The average Bonchev–Trinajstić information content (AvgIpc) is 3.06. The molecule has 0 fully saturated rings. The van der Waals surface area contributed by atoms with E-state index in [1.807, 2.05) is 0 Å². The van der Waals surface area contributed by atoms with E-state index in [0.29, 0.717) is 21.2 Å². The van der Waals surface area contributed by atoms with Crippen LogP contribution in [0.3, 0.4) is 0 Å². The predicted molar refractivity (Wildman–Crippen MR) is 98.0 cm³/mol. The molecule has 0 saturated heterocycles. The monoisotopic (exact) mass is 416 g/mol. The summed E-state index contributed by atoms with van der Waals surface area (Å²) in [6.07, 6.45) is 2.66. The van der Waals surface area contributed by atoms with Crippen LogP contribution in [0.1, 0.15) is 16.2 Å². The normalized spacial score (nSPS) is 11.0. The number of fused-ring (bicyclic) bond motifs is 1. The number of nitrogens with zero attached hydrogens (tertiary/aromatic N) is 2. The molecule has 26 heavy (non-hydrogen) atoms. The molecule has 0 aliphatic heterocycles. The van der Waals surface area contributed by atoms with Gasteiger partial charge in [-0.2, -0.15) is 5.10 Å². The van der Waals surface area contributed by atoms with Gasteiger partial charge < -0.3 is 4.42 Å². The van der Waals surface area contributed by atoms with Crippen molar-refractivity contribution < 1.29 is 14.0 Å². The van der Waals surface area contributed by atoms with Crippen LogP contribution in [-0.2, 0) is 11.8 Å². The maximum atomic E-state index is 12.4. The molecule has 132 valence electrons. The van der Waals surface area contributed by atoms with Crippen LogP contribution in [0.4, 0.5) is 0 Å². The van der Waals surface area contributed by atoms with E-state index >= 15 is 0 Å². The Kier molecular flexibility index (Phi) is 4.99. The first-order valence-electron chi connectivity index (χ1n) is 7.45. The van der Waals surface area contributed by atoms with Gasteiger partial charge in [0, 0.05) is 18.5 Å². The lowest BCUT2D eigenvalue weighted by Gasteiger charge is -2.08. The molecule has 2 amide bonds. The molecule has 1 aromatic carbocycles. The van der Waals surface area contributed by atoms with Crippen LogP contribution in [-0.4, -0.2) is 21.6 Å². The number of aromatic nitrogens is 2. The summed E-state index contributed by atoms with van der Waals surface area (Å²) in [6, 6.07) is 9.99. The Labute approximate surface area is 155 Å².